The summed E-state index contributed by atoms with van der Waals surface area (Å²) in [5.41, 5.74) is 2.90. The third-order valence-electron chi connectivity index (χ3n) is 4.31. The number of para-hydroxylation sites is 2. The molecular formula is C20H26N2O4. The highest BCUT2D eigenvalue weighted by atomic mass is 16.5. The number of nitrogens with one attached hydrogen (secondary N) is 1. The first-order valence-electron chi connectivity index (χ1n) is 8.62. The Bertz CT molecular complexity index is 808. The quantitative estimate of drug-likeness (QED) is 0.795. The summed E-state index contributed by atoms with van der Waals surface area (Å²) in [5, 5.41) is 12.0. The molecule has 2 N–H and O–H groups in total. The number of amides is 1. The molecule has 0 unspecified atom stereocenters. The molecule has 0 saturated heterocycles. The Kier molecular flexibility index (Phi) is 6.08. The van der Waals surface area contributed by atoms with Crippen LogP contribution >= 0.6 is 0 Å². The minimum absolute atomic E-state index is 0.164. The Labute approximate surface area is 153 Å². The summed E-state index contributed by atoms with van der Waals surface area (Å²) in [6.07, 6.45) is 0.381. The van der Waals surface area contributed by atoms with Crippen molar-refractivity contribution in [1.82, 2.24) is 9.88 Å². The van der Waals surface area contributed by atoms with Crippen LogP contribution in [0, 0.1) is 19.8 Å². The summed E-state index contributed by atoms with van der Waals surface area (Å²) >= 11 is 0. The first-order chi connectivity index (χ1) is 12.3. The number of carboxylic acid groups (broad SMARTS) is 1. The molecule has 0 aliphatic heterocycles. The van der Waals surface area contributed by atoms with Crippen LogP contribution in [0.15, 0.2) is 30.3 Å². The summed E-state index contributed by atoms with van der Waals surface area (Å²) in [6, 6.07) is 8.42. The van der Waals surface area contributed by atoms with Crippen molar-refractivity contribution in [1.29, 1.82) is 0 Å². The average Bonchev–Trinajstić information content (AvgIpc) is 2.88. The van der Waals surface area contributed by atoms with Crippen molar-refractivity contribution in [2.45, 2.75) is 40.2 Å². The molecule has 0 bridgehead atoms. The van der Waals surface area contributed by atoms with Gasteiger partial charge < -0.3 is 19.7 Å². The van der Waals surface area contributed by atoms with Gasteiger partial charge in [0.15, 0.2) is 0 Å². The maximum absolute atomic E-state index is 12.7. The zero-order chi connectivity index (χ0) is 19.4. The second kappa shape index (κ2) is 8.08. The van der Waals surface area contributed by atoms with Crippen molar-refractivity contribution in [3.63, 3.8) is 0 Å². The standard InChI is InChI=1S/C20H26N2O4/c1-12(2)10-16(20(24)25)21-19(23)15-11-13(3)22(14(15)4)17-8-6-7-9-18(17)26-5/h6-9,11-12,16H,10H2,1-5H3,(H,21,23)(H,24,25)/t16-/m0/s1. The summed E-state index contributed by atoms with van der Waals surface area (Å²) in [5.74, 6) is -0.542. The molecule has 1 atom stereocenters. The Hall–Kier alpha value is -2.76. The van der Waals surface area contributed by atoms with Gasteiger partial charge in [0.2, 0.25) is 0 Å². The van der Waals surface area contributed by atoms with Crippen LogP contribution < -0.4 is 10.1 Å². The van der Waals surface area contributed by atoms with Gasteiger partial charge in [-0.2, -0.15) is 0 Å². The maximum atomic E-state index is 12.7. The van der Waals surface area contributed by atoms with E-state index in [4.69, 9.17) is 4.74 Å². The highest BCUT2D eigenvalue weighted by Crippen LogP contribution is 2.28. The third kappa shape index (κ3) is 4.07. The number of ether oxygens (including phenoxy) is 1. The molecule has 0 aliphatic rings. The van der Waals surface area contributed by atoms with E-state index in [9.17, 15) is 14.7 Å². The van der Waals surface area contributed by atoms with Gasteiger partial charge in [0.05, 0.1) is 18.4 Å². The smallest absolute Gasteiger partial charge is 0.326 e. The number of carbonyl (C=O) groups excluding carboxylic acids is 1. The number of hydrogen-bond acceptors (Lipinski definition) is 3. The van der Waals surface area contributed by atoms with Crippen molar-refractivity contribution < 1.29 is 19.4 Å². The molecule has 0 aliphatic carbocycles. The van der Waals surface area contributed by atoms with Crippen LogP contribution in [0.5, 0.6) is 5.75 Å². The predicted molar refractivity (Wildman–Crippen MR) is 100 cm³/mol. The normalized spacial score (nSPS) is 12.1. The molecule has 140 valence electrons. The van der Waals surface area contributed by atoms with E-state index in [2.05, 4.69) is 5.32 Å². The largest absolute Gasteiger partial charge is 0.495 e. The fraction of sp³-hybridized carbons (Fsp3) is 0.400. The first-order valence-corrected chi connectivity index (χ1v) is 8.62. The van der Waals surface area contributed by atoms with Gasteiger partial charge in [0, 0.05) is 11.4 Å². The molecule has 1 amide bonds. The van der Waals surface area contributed by atoms with E-state index in [1.165, 1.54) is 0 Å². The van der Waals surface area contributed by atoms with Crippen LogP contribution in [0.2, 0.25) is 0 Å². The summed E-state index contributed by atoms with van der Waals surface area (Å²) in [7, 11) is 1.60. The number of benzene rings is 1. The molecule has 0 fully saturated rings. The Morgan fingerprint density at radius 1 is 1.23 bits per heavy atom. The number of carboxylic acids is 1. The number of aryl methyl sites for hydroxylation is 1. The molecule has 1 aromatic carbocycles. The third-order valence-corrected chi connectivity index (χ3v) is 4.31. The second-order valence-corrected chi connectivity index (χ2v) is 6.79. The number of aliphatic carboxylic acids is 1. The zero-order valence-electron chi connectivity index (χ0n) is 15.9. The monoisotopic (exact) mass is 358 g/mol. The molecular weight excluding hydrogens is 332 g/mol. The molecule has 26 heavy (non-hydrogen) atoms. The van der Waals surface area contributed by atoms with Crippen molar-refractivity contribution in [2.24, 2.45) is 5.92 Å². The average molecular weight is 358 g/mol. The summed E-state index contributed by atoms with van der Waals surface area (Å²) in [6.45, 7) is 7.59. The lowest BCUT2D eigenvalue weighted by molar-refractivity contribution is -0.139. The minimum atomic E-state index is -1.02. The van der Waals surface area contributed by atoms with Gasteiger partial charge in [-0.15, -0.1) is 0 Å². The lowest BCUT2D eigenvalue weighted by Crippen LogP contribution is -2.41. The van der Waals surface area contributed by atoms with Crippen LogP contribution in [0.4, 0.5) is 0 Å². The van der Waals surface area contributed by atoms with Crippen molar-refractivity contribution >= 4 is 11.9 Å². The van der Waals surface area contributed by atoms with E-state index in [0.717, 1.165) is 17.1 Å². The lowest BCUT2D eigenvalue weighted by Gasteiger charge is -2.17. The first kappa shape index (κ1) is 19.6. The maximum Gasteiger partial charge on any atom is 0.326 e. The van der Waals surface area contributed by atoms with Gasteiger partial charge in [-0.3, -0.25) is 4.79 Å². The Balaban J connectivity index is 2.37. The fourth-order valence-corrected chi connectivity index (χ4v) is 3.11. The van der Waals surface area contributed by atoms with E-state index in [1.54, 1.807) is 13.2 Å². The van der Waals surface area contributed by atoms with E-state index in [1.807, 2.05) is 56.5 Å². The minimum Gasteiger partial charge on any atom is -0.495 e. The second-order valence-electron chi connectivity index (χ2n) is 6.79. The topological polar surface area (TPSA) is 80.6 Å². The van der Waals surface area contributed by atoms with Gasteiger partial charge in [-0.05, 0) is 44.4 Å². The molecule has 2 rings (SSSR count). The molecule has 0 radical (unpaired) electrons. The van der Waals surface area contributed by atoms with Gasteiger partial charge in [-0.25, -0.2) is 4.79 Å². The van der Waals surface area contributed by atoms with Gasteiger partial charge in [-0.1, -0.05) is 26.0 Å². The highest BCUT2D eigenvalue weighted by Gasteiger charge is 2.24. The van der Waals surface area contributed by atoms with Crippen LogP contribution in [0.25, 0.3) is 5.69 Å². The van der Waals surface area contributed by atoms with Crippen LogP contribution in [0.3, 0.4) is 0 Å². The number of nitrogens with zero attached hydrogens (tertiary/aromatic N) is 1. The van der Waals surface area contributed by atoms with E-state index >= 15 is 0 Å². The molecule has 1 aromatic heterocycles. The number of methoxy groups -OCH3 is 1. The molecule has 2 aromatic rings. The van der Waals surface area contributed by atoms with Crippen molar-refractivity contribution in [3.05, 3.63) is 47.3 Å². The zero-order valence-corrected chi connectivity index (χ0v) is 15.9. The summed E-state index contributed by atoms with van der Waals surface area (Å²) < 4.78 is 7.36. The number of hydrogen-bond donors (Lipinski definition) is 2. The SMILES string of the molecule is COc1ccccc1-n1c(C)cc(C(=O)N[C@@H](CC(C)C)C(=O)O)c1C. The van der Waals surface area contributed by atoms with Gasteiger partial charge in [0.1, 0.15) is 11.8 Å². The number of rotatable bonds is 7. The van der Waals surface area contributed by atoms with Crippen molar-refractivity contribution in [2.75, 3.05) is 7.11 Å². The molecule has 1 heterocycles. The van der Waals surface area contributed by atoms with Crippen LogP contribution in [0.1, 0.15) is 42.0 Å². The van der Waals surface area contributed by atoms with Gasteiger partial charge in [0.25, 0.3) is 5.91 Å². The Morgan fingerprint density at radius 2 is 1.88 bits per heavy atom. The lowest BCUT2D eigenvalue weighted by atomic mass is 10.0. The molecule has 6 nitrogen and oxygen atoms in total. The van der Waals surface area contributed by atoms with Crippen molar-refractivity contribution in [3.8, 4) is 11.4 Å². The molecule has 0 saturated carbocycles. The number of carbonyl (C=O) groups is 2. The van der Waals surface area contributed by atoms with E-state index in [0.29, 0.717) is 17.7 Å². The highest BCUT2D eigenvalue weighted by molar-refractivity contribution is 5.98. The van der Waals surface area contributed by atoms with Crippen LogP contribution in [-0.2, 0) is 4.79 Å². The Morgan fingerprint density at radius 3 is 2.46 bits per heavy atom. The van der Waals surface area contributed by atoms with Crippen LogP contribution in [-0.4, -0.2) is 34.7 Å². The predicted octanol–water partition coefficient (Wildman–Crippen LogP) is 3.33. The summed E-state index contributed by atoms with van der Waals surface area (Å²) in [4.78, 5) is 24.1. The van der Waals surface area contributed by atoms with E-state index in [-0.39, 0.29) is 11.8 Å². The molecule has 0 spiro atoms. The van der Waals surface area contributed by atoms with E-state index < -0.39 is 12.0 Å². The van der Waals surface area contributed by atoms with Gasteiger partial charge >= 0.3 is 5.97 Å². The fourth-order valence-electron chi connectivity index (χ4n) is 3.11. The molecule has 6 heteroatoms. The number of aromatic nitrogens is 1.